The molecule has 0 bridgehead atoms. The first-order valence-corrected chi connectivity index (χ1v) is 5.97. The second kappa shape index (κ2) is 6.33. The van der Waals surface area contributed by atoms with Gasteiger partial charge in [-0.2, -0.15) is 5.10 Å². The molecule has 0 atom stereocenters. The normalized spacial score (nSPS) is 10.3. The molecule has 0 saturated carbocycles. The Bertz CT molecular complexity index is 503. The van der Waals surface area contributed by atoms with Crippen molar-refractivity contribution in [2.45, 2.75) is 13.0 Å². The number of hydrogen-bond donors (Lipinski definition) is 1. The quantitative estimate of drug-likeness (QED) is 0.900. The first kappa shape index (κ1) is 12.8. The topological polar surface area (TPSA) is 55.2 Å². The van der Waals surface area contributed by atoms with E-state index in [2.05, 4.69) is 10.2 Å². The van der Waals surface area contributed by atoms with E-state index in [1.807, 2.05) is 24.3 Å². The van der Waals surface area contributed by atoms with E-state index in [4.69, 9.17) is 21.4 Å². The molecule has 0 aliphatic rings. The summed E-state index contributed by atoms with van der Waals surface area (Å²) in [7, 11) is 0. The minimum atomic E-state index is 0.0983. The molecule has 2 rings (SSSR count). The number of para-hydroxylation sites is 1. The zero-order valence-electron chi connectivity index (χ0n) is 9.71. The van der Waals surface area contributed by atoms with Crippen LogP contribution in [0, 0.1) is 0 Å². The van der Waals surface area contributed by atoms with Crippen LogP contribution in [0.3, 0.4) is 0 Å². The Morgan fingerprint density at radius 3 is 2.67 bits per heavy atom. The van der Waals surface area contributed by atoms with Gasteiger partial charge in [-0.25, -0.2) is 0 Å². The smallest absolute Gasteiger partial charge is 0.151 e. The van der Waals surface area contributed by atoms with Crippen molar-refractivity contribution in [3.8, 4) is 5.75 Å². The molecule has 0 aliphatic carbocycles. The Morgan fingerprint density at radius 1 is 1.11 bits per heavy atom. The van der Waals surface area contributed by atoms with E-state index in [1.54, 1.807) is 12.1 Å². The molecule has 0 fully saturated rings. The molecule has 0 amide bonds. The fourth-order valence-electron chi connectivity index (χ4n) is 1.54. The van der Waals surface area contributed by atoms with E-state index in [0.717, 1.165) is 11.3 Å². The zero-order valence-corrected chi connectivity index (χ0v) is 10.5. The van der Waals surface area contributed by atoms with Gasteiger partial charge in [0.15, 0.2) is 5.15 Å². The van der Waals surface area contributed by atoms with Gasteiger partial charge in [-0.1, -0.05) is 29.8 Å². The minimum absolute atomic E-state index is 0.0983. The van der Waals surface area contributed by atoms with E-state index in [-0.39, 0.29) is 6.61 Å². The van der Waals surface area contributed by atoms with Crippen LogP contribution >= 0.6 is 11.6 Å². The molecule has 2 aromatic rings. The zero-order chi connectivity index (χ0) is 12.8. The van der Waals surface area contributed by atoms with Gasteiger partial charge in [0.25, 0.3) is 0 Å². The molecule has 1 N–H and O–H groups in total. The van der Waals surface area contributed by atoms with Gasteiger partial charge in [-0.15, -0.1) is 5.10 Å². The van der Waals surface area contributed by atoms with E-state index in [0.29, 0.717) is 23.9 Å². The predicted octanol–water partition coefficient (Wildman–Crippen LogP) is 2.24. The molecule has 0 spiro atoms. The lowest BCUT2D eigenvalue weighted by Crippen LogP contribution is -2.02. The van der Waals surface area contributed by atoms with Gasteiger partial charge in [-0.3, -0.25) is 0 Å². The summed E-state index contributed by atoms with van der Waals surface area (Å²) in [5, 5.41) is 17.0. The molecule has 4 nitrogen and oxygen atoms in total. The molecule has 18 heavy (non-hydrogen) atoms. The molecule has 0 unspecified atom stereocenters. The molecule has 94 valence electrons. The third-order valence-electron chi connectivity index (χ3n) is 2.42. The second-order valence-corrected chi connectivity index (χ2v) is 4.10. The molecule has 5 heteroatoms. The average molecular weight is 265 g/mol. The van der Waals surface area contributed by atoms with Crippen LogP contribution in [0.2, 0.25) is 5.15 Å². The number of aromatic nitrogens is 2. The molecule has 0 radical (unpaired) electrons. The van der Waals surface area contributed by atoms with E-state index >= 15 is 0 Å². The van der Waals surface area contributed by atoms with Gasteiger partial charge in [0.05, 0.1) is 0 Å². The fraction of sp³-hybridized carbons (Fsp3) is 0.231. The van der Waals surface area contributed by atoms with Crippen molar-refractivity contribution in [1.29, 1.82) is 0 Å². The summed E-state index contributed by atoms with van der Waals surface area (Å²) in [6.45, 7) is 0.424. The third-order valence-corrected chi connectivity index (χ3v) is 2.62. The number of rotatable bonds is 5. The number of aliphatic hydroxyl groups is 1. The molecular weight excluding hydrogens is 252 g/mol. The summed E-state index contributed by atoms with van der Waals surface area (Å²) < 4.78 is 5.66. The van der Waals surface area contributed by atoms with Crippen molar-refractivity contribution in [3.05, 3.63) is 52.8 Å². The Labute approximate surface area is 110 Å². The van der Waals surface area contributed by atoms with Crippen molar-refractivity contribution < 1.29 is 9.84 Å². The first-order valence-electron chi connectivity index (χ1n) is 5.59. The van der Waals surface area contributed by atoms with Crippen molar-refractivity contribution in [1.82, 2.24) is 10.2 Å². The van der Waals surface area contributed by atoms with Gasteiger partial charge in [0.1, 0.15) is 18.1 Å². The monoisotopic (exact) mass is 264 g/mol. The van der Waals surface area contributed by atoms with Gasteiger partial charge in [0, 0.05) is 6.61 Å². The first-order chi connectivity index (χ1) is 8.79. The summed E-state index contributed by atoms with van der Waals surface area (Å²) in [5.41, 5.74) is 1.68. The summed E-state index contributed by atoms with van der Waals surface area (Å²) in [4.78, 5) is 0. The number of hydrogen-bond acceptors (Lipinski definition) is 4. The van der Waals surface area contributed by atoms with Gasteiger partial charge < -0.3 is 9.84 Å². The lowest BCUT2D eigenvalue weighted by atomic mass is 10.1. The highest BCUT2D eigenvalue weighted by atomic mass is 35.5. The maximum atomic E-state index is 8.97. The van der Waals surface area contributed by atoms with Crippen molar-refractivity contribution in [3.63, 3.8) is 0 Å². The van der Waals surface area contributed by atoms with Crippen LogP contribution in [-0.2, 0) is 13.0 Å². The van der Waals surface area contributed by atoms with Crippen LogP contribution < -0.4 is 4.74 Å². The number of ether oxygens (including phenoxy) is 1. The highest BCUT2D eigenvalue weighted by molar-refractivity contribution is 6.29. The Kier molecular flexibility index (Phi) is 4.50. The highest BCUT2D eigenvalue weighted by Crippen LogP contribution is 2.19. The Hall–Kier alpha value is -1.65. The van der Waals surface area contributed by atoms with Gasteiger partial charge >= 0.3 is 0 Å². The molecule has 0 aliphatic heterocycles. The van der Waals surface area contributed by atoms with Crippen molar-refractivity contribution in [2.75, 3.05) is 6.61 Å². The molecule has 1 heterocycles. The Morgan fingerprint density at radius 2 is 1.94 bits per heavy atom. The summed E-state index contributed by atoms with van der Waals surface area (Å²) in [5.74, 6) is 0.753. The fourth-order valence-corrected chi connectivity index (χ4v) is 1.64. The number of benzene rings is 1. The Balaban J connectivity index is 2.03. The standard InChI is InChI=1S/C13H13ClN2O2/c14-13-6-5-11(15-16-13)9-18-12-4-2-1-3-10(12)7-8-17/h1-6,17H,7-9H2. The molecular formula is C13H13ClN2O2. The number of halogens is 1. The SMILES string of the molecule is OCCc1ccccc1OCc1ccc(Cl)nn1. The maximum absolute atomic E-state index is 8.97. The van der Waals surface area contributed by atoms with E-state index in [1.165, 1.54) is 0 Å². The van der Waals surface area contributed by atoms with Crippen LogP contribution in [0.15, 0.2) is 36.4 Å². The maximum Gasteiger partial charge on any atom is 0.151 e. The predicted molar refractivity (Wildman–Crippen MR) is 68.6 cm³/mol. The summed E-state index contributed by atoms with van der Waals surface area (Å²) in [6.07, 6.45) is 0.572. The largest absolute Gasteiger partial charge is 0.487 e. The van der Waals surface area contributed by atoms with Crippen LogP contribution in [0.5, 0.6) is 5.75 Å². The molecule has 1 aromatic heterocycles. The minimum Gasteiger partial charge on any atom is -0.487 e. The van der Waals surface area contributed by atoms with Crippen LogP contribution in [0.25, 0.3) is 0 Å². The second-order valence-electron chi connectivity index (χ2n) is 3.72. The molecule has 1 aromatic carbocycles. The van der Waals surface area contributed by atoms with E-state index in [9.17, 15) is 0 Å². The van der Waals surface area contributed by atoms with Crippen molar-refractivity contribution >= 4 is 11.6 Å². The van der Waals surface area contributed by atoms with Crippen LogP contribution in [0.1, 0.15) is 11.3 Å². The van der Waals surface area contributed by atoms with Crippen LogP contribution in [-0.4, -0.2) is 21.9 Å². The van der Waals surface area contributed by atoms with Gasteiger partial charge in [0.2, 0.25) is 0 Å². The third kappa shape index (κ3) is 3.42. The highest BCUT2D eigenvalue weighted by Gasteiger charge is 2.03. The van der Waals surface area contributed by atoms with Gasteiger partial charge in [-0.05, 0) is 30.2 Å². The summed E-state index contributed by atoms with van der Waals surface area (Å²) in [6, 6.07) is 11.0. The summed E-state index contributed by atoms with van der Waals surface area (Å²) >= 11 is 5.65. The van der Waals surface area contributed by atoms with Crippen molar-refractivity contribution in [2.24, 2.45) is 0 Å². The lowest BCUT2D eigenvalue weighted by molar-refractivity contribution is 0.281. The average Bonchev–Trinajstić information content (AvgIpc) is 2.40. The van der Waals surface area contributed by atoms with E-state index < -0.39 is 0 Å². The number of nitrogens with zero attached hydrogens (tertiary/aromatic N) is 2. The van der Waals surface area contributed by atoms with Crippen LogP contribution in [0.4, 0.5) is 0 Å². The lowest BCUT2D eigenvalue weighted by Gasteiger charge is -2.09. The molecule has 0 saturated heterocycles. The number of aliphatic hydroxyl groups excluding tert-OH is 1.